The van der Waals surface area contributed by atoms with Crippen LogP contribution in [-0.2, 0) is 14.2 Å². The Bertz CT molecular complexity index is 380. The maximum absolute atomic E-state index is 10.00. The van der Waals surface area contributed by atoms with E-state index in [1.165, 1.54) is 0 Å². The van der Waals surface area contributed by atoms with Crippen LogP contribution in [-0.4, -0.2) is 115 Å². The minimum atomic E-state index is -1.76. The van der Waals surface area contributed by atoms with E-state index < -0.39 is 74.6 Å². The van der Waals surface area contributed by atoms with Crippen LogP contribution in [0.3, 0.4) is 0 Å². The van der Waals surface area contributed by atoms with Crippen molar-refractivity contribution in [3.8, 4) is 0 Å². The van der Waals surface area contributed by atoms with E-state index in [0.29, 0.717) is 0 Å². The van der Waals surface area contributed by atoms with Crippen LogP contribution in [0, 0.1) is 0 Å². The monoisotopic (exact) mass is 342 g/mol. The number of ether oxygens (including phenoxy) is 3. The maximum atomic E-state index is 10.00. The summed E-state index contributed by atoms with van der Waals surface area (Å²) in [6.07, 6.45) is -15.7. The normalized spacial score (nSPS) is 51.7. The summed E-state index contributed by atoms with van der Waals surface area (Å²) in [6.45, 7) is -1.34. The van der Waals surface area contributed by atoms with Gasteiger partial charge in [-0.05, 0) is 0 Å². The maximum Gasteiger partial charge on any atom is 0.187 e. The van der Waals surface area contributed by atoms with E-state index in [-0.39, 0.29) is 0 Å². The van der Waals surface area contributed by atoms with Crippen LogP contribution in [0.1, 0.15) is 0 Å². The minimum Gasteiger partial charge on any atom is -0.394 e. The van der Waals surface area contributed by atoms with E-state index in [1.807, 2.05) is 0 Å². The second kappa shape index (κ2) is 7.63. The Kier molecular flexibility index (Phi) is 6.27. The zero-order valence-corrected chi connectivity index (χ0v) is 12.0. The topological polar surface area (TPSA) is 190 Å². The summed E-state index contributed by atoms with van der Waals surface area (Å²) >= 11 is 0. The van der Waals surface area contributed by atoms with Crippen molar-refractivity contribution in [3.63, 3.8) is 0 Å². The summed E-state index contributed by atoms with van der Waals surface area (Å²) < 4.78 is 15.1. The third-order valence-corrected chi connectivity index (χ3v) is 3.98. The molecule has 0 aromatic carbocycles. The summed E-state index contributed by atoms with van der Waals surface area (Å²) in [7, 11) is 0. The van der Waals surface area contributed by atoms with Gasteiger partial charge in [0, 0.05) is 0 Å². The van der Waals surface area contributed by atoms with Gasteiger partial charge >= 0.3 is 0 Å². The van der Waals surface area contributed by atoms with E-state index in [1.54, 1.807) is 0 Å². The molecule has 10 atom stereocenters. The Hall–Kier alpha value is -0.440. The van der Waals surface area contributed by atoms with Gasteiger partial charge in [-0.2, -0.15) is 0 Å². The summed E-state index contributed by atoms with van der Waals surface area (Å²) in [5, 5.41) is 76.8. The van der Waals surface area contributed by atoms with Gasteiger partial charge in [-0.15, -0.1) is 0 Å². The van der Waals surface area contributed by atoms with Crippen molar-refractivity contribution in [1.29, 1.82) is 0 Å². The van der Waals surface area contributed by atoms with Gasteiger partial charge in [0.1, 0.15) is 48.8 Å². The van der Waals surface area contributed by atoms with Crippen LogP contribution in [0.5, 0.6) is 0 Å². The third kappa shape index (κ3) is 3.65. The molecule has 2 aliphatic heterocycles. The largest absolute Gasteiger partial charge is 0.394 e. The molecule has 0 aromatic rings. The summed E-state index contributed by atoms with van der Waals surface area (Å²) in [6, 6.07) is 0. The van der Waals surface area contributed by atoms with Crippen molar-refractivity contribution in [2.45, 2.75) is 61.4 Å². The van der Waals surface area contributed by atoms with Crippen molar-refractivity contribution in [3.05, 3.63) is 0 Å². The number of rotatable bonds is 4. The van der Waals surface area contributed by atoms with E-state index in [4.69, 9.17) is 24.4 Å². The Balaban J connectivity index is 2.11. The lowest BCUT2D eigenvalue weighted by atomic mass is 9.97. The number of aliphatic hydroxyl groups excluding tert-OH is 8. The van der Waals surface area contributed by atoms with Gasteiger partial charge in [-0.3, -0.25) is 0 Å². The van der Waals surface area contributed by atoms with Crippen LogP contribution in [0.2, 0.25) is 0 Å². The molecule has 0 saturated carbocycles. The Morgan fingerprint density at radius 1 is 0.652 bits per heavy atom. The van der Waals surface area contributed by atoms with Crippen molar-refractivity contribution < 1.29 is 55.1 Å². The third-order valence-electron chi connectivity index (χ3n) is 3.98. The van der Waals surface area contributed by atoms with Gasteiger partial charge < -0.3 is 55.1 Å². The van der Waals surface area contributed by atoms with Crippen LogP contribution < -0.4 is 0 Å². The molecule has 23 heavy (non-hydrogen) atoms. The van der Waals surface area contributed by atoms with Crippen LogP contribution >= 0.6 is 0 Å². The fourth-order valence-corrected chi connectivity index (χ4v) is 2.56. The SMILES string of the molecule is OC[C@H]1O[C@H](O[C@H]2[C@H](O)[C@H](O)O[C@H](CO)[C@H]2O)[C@H](O)[C@H](O)[C@@H]1O. The van der Waals surface area contributed by atoms with Crippen molar-refractivity contribution in [2.75, 3.05) is 13.2 Å². The summed E-state index contributed by atoms with van der Waals surface area (Å²) in [5.74, 6) is 0. The van der Waals surface area contributed by atoms with Crippen molar-refractivity contribution in [1.82, 2.24) is 0 Å². The number of aliphatic hydroxyl groups is 8. The molecule has 0 radical (unpaired) electrons. The molecule has 2 fully saturated rings. The standard InChI is InChI=1S/C12H22O11/c13-1-3-5(15)7(17)8(18)12(22-3)23-10-6(16)4(2-14)21-11(20)9(10)19/h3-20H,1-2H2/t3-,4-,5-,6-,7-,8-,9+,10-,11-,12-/m1/s1. The van der Waals surface area contributed by atoms with Crippen LogP contribution in [0.4, 0.5) is 0 Å². The Labute approximate surface area is 130 Å². The van der Waals surface area contributed by atoms with Gasteiger partial charge in [-0.25, -0.2) is 0 Å². The molecule has 0 amide bonds. The first-order valence-corrected chi connectivity index (χ1v) is 7.08. The molecule has 8 N–H and O–H groups in total. The quantitative estimate of drug-likeness (QED) is 0.243. The minimum absolute atomic E-state index is 0.667. The predicted molar refractivity (Wildman–Crippen MR) is 68.6 cm³/mol. The fraction of sp³-hybridized carbons (Fsp3) is 1.00. The second-order valence-electron chi connectivity index (χ2n) is 5.53. The van der Waals surface area contributed by atoms with Gasteiger partial charge in [0.05, 0.1) is 13.2 Å². The molecule has 136 valence electrons. The average Bonchev–Trinajstić information content (AvgIpc) is 2.54. The predicted octanol–water partition coefficient (Wildman–Crippen LogP) is -5.40. The molecular weight excluding hydrogens is 320 g/mol. The van der Waals surface area contributed by atoms with E-state index >= 15 is 0 Å². The van der Waals surface area contributed by atoms with E-state index in [2.05, 4.69) is 0 Å². The van der Waals surface area contributed by atoms with Gasteiger partial charge in [-0.1, -0.05) is 0 Å². The van der Waals surface area contributed by atoms with Gasteiger partial charge in [0.15, 0.2) is 12.6 Å². The second-order valence-corrected chi connectivity index (χ2v) is 5.53. The van der Waals surface area contributed by atoms with Gasteiger partial charge in [0.2, 0.25) is 0 Å². The summed E-state index contributed by atoms with van der Waals surface area (Å²) in [4.78, 5) is 0. The molecule has 2 saturated heterocycles. The van der Waals surface area contributed by atoms with Crippen LogP contribution in [0.25, 0.3) is 0 Å². The molecule has 11 heteroatoms. The lowest BCUT2D eigenvalue weighted by molar-refractivity contribution is -0.355. The van der Waals surface area contributed by atoms with Crippen molar-refractivity contribution >= 4 is 0 Å². The van der Waals surface area contributed by atoms with Crippen molar-refractivity contribution in [2.24, 2.45) is 0 Å². The molecule has 0 bridgehead atoms. The molecule has 2 heterocycles. The molecule has 0 aromatic heterocycles. The zero-order valence-electron chi connectivity index (χ0n) is 12.0. The highest BCUT2D eigenvalue weighted by Gasteiger charge is 2.50. The highest BCUT2D eigenvalue weighted by molar-refractivity contribution is 4.93. The zero-order chi connectivity index (χ0) is 17.3. The average molecular weight is 342 g/mol. The lowest BCUT2D eigenvalue weighted by Gasteiger charge is -2.45. The Morgan fingerprint density at radius 2 is 1.22 bits per heavy atom. The molecule has 11 nitrogen and oxygen atoms in total. The molecule has 2 rings (SSSR count). The molecule has 0 unspecified atom stereocenters. The highest BCUT2D eigenvalue weighted by atomic mass is 16.7. The van der Waals surface area contributed by atoms with Gasteiger partial charge in [0.25, 0.3) is 0 Å². The van der Waals surface area contributed by atoms with Crippen LogP contribution in [0.15, 0.2) is 0 Å². The van der Waals surface area contributed by atoms with E-state index in [9.17, 15) is 30.6 Å². The number of hydrogen-bond acceptors (Lipinski definition) is 11. The molecule has 0 spiro atoms. The smallest absolute Gasteiger partial charge is 0.187 e. The van der Waals surface area contributed by atoms with E-state index in [0.717, 1.165) is 0 Å². The Morgan fingerprint density at radius 3 is 1.78 bits per heavy atom. The molecule has 0 aliphatic carbocycles. The molecular formula is C12H22O11. The first-order valence-electron chi connectivity index (χ1n) is 7.08. The lowest BCUT2D eigenvalue weighted by Crippen LogP contribution is -2.64. The number of hydrogen-bond donors (Lipinski definition) is 8. The fourth-order valence-electron chi connectivity index (χ4n) is 2.56. The first kappa shape index (κ1) is 18.9. The highest BCUT2D eigenvalue weighted by Crippen LogP contribution is 2.28. The first-order chi connectivity index (χ1) is 10.8. The summed E-state index contributed by atoms with van der Waals surface area (Å²) in [5.41, 5.74) is 0. The molecule has 2 aliphatic rings.